The topological polar surface area (TPSA) is 12.9 Å². The highest BCUT2D eigenvalue weighted by Gasteiger charge is 2.06. The smallest absolute Gasteiger partial charge is 0.123 e. The summed E-state index contributed by atoms with van der Waals surface area (Å²) in [5.41, 5.74) is 1.42. The molecule has 0 aliphatic rings. The van der Waals surface area contributed by atoms with Gasteiger partial charge in [-0.05, 0) is 22.9 Å². The fraction of sp³-hybridized carbons (Fsp3) is 0.300. The van der Waals surface area contributed by atoms with Crippen LogP contribution in [0.2, 0.25) is 0 Å². The van der Waals surface area contributed by atoms with Crippen LogP contribution in [0, 0.1) is 0 Å². The molecule has 2 rings (SSSR count). The number of nitrogens with zero attached hydrogens (tertiary/aromatic N) is 1. The van der Waals surface area contributed by atoms with E-state index in [1.54, 1.807) is 11.3 Å². The summed E-state index contributed by atoms with van der Waals surface area (Å²) in [6, 6.07) is 4.15. The molecular formula is C10H11NS. The van der Waals surface area contributed by atoms with Crippen LogP contribution in [0.15, 0.2) is 23.7 Å². The molecule has 0 amide bonds. The van der Waals surface area contributed by atoms with Crippen molar-refractivity contribution in [2.75, 3.05) is 0 Å². The highest BCUT2D eigenvalue weighted by Crippen LogP contribution is 2.28. The second kappa shape index (κ2) is 2.87. The monoisotopic (exact) mass is 177 g/mol. The third kappa shape index (κ3) is 1.12. The van der Waals surface area contributed by atoms with E-state index in [9.17, 15) is 0 Å². The van der Waals surface area contributed by atoms with Crippen molar-refractivity contribution in [1.29, 1.82) is 0 Å². The molecule has 62 valence electrons. The van der Waals surface area contributed by atoms with Crippen molar-refractivity contribution < 1.29 is 0 Å². The molecule has 0 aliphatic heterocycles. The molecule has 2 aromatic heterocycles. The summed E-state index contributed by atoms with van der Waals surface area (Å²) in [5, 5.41) is 3.53. The Hall–Kier alpha value is -0.890. The van der Waals surface area contributed by atoms with Crippen molar-refractivity contribution in [3.8, 4) is 0 Å². The average molecular weight is 177 g/mol. The van der Waals surface area contributed by atoms with E-state index in [4.69, 9.17) is 0 Å². The molecular weight excluding hydrogens is 166 g/mol. The zero-order valence-electron chi connectivity index (χ0n) is 7.24. The minimum Gasteiger partial charge on any atom is -0.245 e. The van der Waals surface area contributed by atoms with Crippen molar-refractivity contribution >= 4 is 21.6 Å². The maximum Gasteiger partial charge on any atom is 0.123 e. The Balaban J connectivity index is 2.70. The molecule has 1 nitrogen and oxygen atoms in total. The van der Waals surface area contributed by atoms with Crippen LogP contribution < -0.4 is 0 Å². The summed E-state index contributed by atoms with van der Waals surface area (Å²) < 4.78 is 0. The first-order valence-electron chi connectivity index (χ1n) is 4.11. The maximum atomic E-state index is 4.30. The Morgan fingerprint density at radius 1 is 1.42 bits per heavy atom. The summed E-state index contributed by atoms with van der Waals surface area (Å²) in [7, 11) is 0. The molecule has 2 aromatic rings. The van der Waals surface area contributed by atoms with Crippen molar-refractivity contribution in [3.63, 3.8) is 0 Å². The van der Waals surface area contributed by atoms with Gasteiger partial charge in [-0.3, -0.25) is 0 Å². The molecule has 2 heterocycles. The first kappa shape index (κ1) is 7.74. The second-order valence-corrected chi connectivity index (χ2v) is 4.06. The molecule has 0 atom stereocenters. The van der Waals surface area contributed by atoms with Gasteiger partial charge in [-0.15, -0.1) is 11.3 Å². The lowest BCUT2D eigenvalue weighted by atomic mass is 10.0. The molecule has 0 saturated carbocycles. The minimum absolute atomic E-state index is 0.600. The quantitative estimate of drug-likeness (QED) is 0.650. The van der Waals surface area contributed by atoms with E-state index in [2.05, 4.69) is 30.3 Å². The third-order valence-electron chi connectivity index (χ3n) is 2.00. The Kier molecular flexibility index (Phi) is 1.85. The van der Waals surface area contributed by atoms with Gasteiger partial charge in [-0.1, -0.05) is 19.9 Å². The van der Waals surface area contributed by atoms with E-state index >= 15 is 0 Å². The third-order valence-corrected chi connectivity index (χ3v) is 2.92. The van der Waals surface area contributed by atoms with E-state index in [-0.39, 0.29) is 0 Å². The van der Waals surface area contributed by atoms with Crippen LogP contribution in [0.5, 0.6) is 0 Å². The first-order valence-corrected chi connectivity index (χ1v) is 4.99. The summed E-state index contributed by atoms with van der Waals surface area (Å²) >= 11 is 1.73. The van der Waals surface area contributed by atoms with E-state index in [0.29, 0.717) is 5.92 Å². The summed E-state index contributed by atoms with van der Waals surface area (Å²) in [6.45, 7) is 4.43. The lowest BCUT2D eigenvalue weighted by Crippen LogP contribution is -1.83. The van der Waals surface area contributed by atoms with Crippen molar-refractivity contribution in [2.45, 2.75) is 19.8 Å². The Labute approximate surface area is 76.1 Å². The highest BCUT2D eigenvalue weighted by molar-refractivity contribution is 7.16. The molecule has 0 N–H and O–H groups in total. The molecule has 0 radical (unpaired) electrons. The minimum atomic E-state index is 0.600. The largest absolute Gasteiger partial charge is 0.245 e. The van der Waals surface area contributed by atoms with Crippen LogP contribution in [0.25, 0.3) is 10.2 Å². The fourth-order valence-corrected chi connectivity index (χ4v) is 2.41. The lowest BCUT2D eigenvalue weighted by Gasteiger charge is -2.00. The molecule has 12 heavy (non-hydrogen) atoms. The van der Waals surface area contributed by atoms with E-state index in [0.717, 1.165) is 4.83 Å². The standard InChI is InChI=1S/C10H11NS/c1-7(2)9-6-12-10-8(9)4-3-5-11-10/h3-7H,1-2H3. The fourth-order valence-electron chi connectivity index (χ4n) is 1.33. The van der Waals surface area contributed by atoms with Gasteiger partial charge in [0.05, 0.1) is 0 Å². The normalized spacial score (nSPS) is 11.2. The molecule has 0 unspecified atom stereocenters. The van der Waals surface area contributed by atoms with E-state index < -0.39 is 0 Å². The molecule has 0 bridgehead atoms. The number of aromatic nitrogens is 1. The number of hydrogen-bond donors (Lipinski definition) is 0. The lowest BCUT2D eigenvalue weighted by molar-refractivity contribution is 0.880. The van der Waals surface area contributed by atoms with Crippen LogP contribution in [0.3, 0.4) is 0 Å². The highest BCUT2D eigenvalue weighted by atomic mass is 32.1. The van der Waals surface area contributed by atoms with Gasteiger partial charge < -0.3 is 0 Å². The van der Waals surface area contributed by atoms with Crippen LogP contribution in [0.4, 0.5) is 0 Å². The molecule has 2 heteroatoms. The maximum absolute atomic E-state index is 4.30. The Bertz CT molecular complexity index is 389. The van der Waals surface area contributed by atoms with E-state index in [1.807, 2.05) is 12.3 Å². The van der Waals surface area contributed by atoms with E-state index in [1.165, 1.54) is 10.9 Å². The summed E-state index contributed by atoms with van der Waals surface area (Å²) in [4.78, 5) is 5.46. The van der Waals surface area contributed by atoms with Crippen LogP contribution in [-0.4, -0.2) is 4.98 Å². The SMILES string of the molecule is CC(C)c1csc2ncccc12. The predicted molar refractivity (Wildman–Crippen MR) is 53.7 cm³/mol. The number of rotatable bonds is 1. The van der Waals surface area contributed by atoms with Gasteiger partial charge in [0.1, 0.15) is 4.83 Å². The van der Waals surface area contributed by atoms with Gasteiger partial charge in [0.15, 0.2) is 0 Å². The Morgan fingerprint density at radius 3 is 3.00 bits per heavy atom. The van der Waals surface area contributed by atoms with Crippen molar-refractivity contribution in [2.24, 2.45) is 0 Å². The predicted octanol–water partition coefficient (Wildman–Crippen LogP) is 3.42. The van der Waals surface area contributed by atoms with Crippen molar-refractivity contribution in [3.05, 3.63) is 29.3 Å². The summed E-state index contributed by atoms with van der Waals surface area (Å²) in [6.07, 6.45) is 1.85. The van der Waals surface area contributed by atoms with Gasteiger partial charge in [0.25, 0.3) is 0 Å². The van der Waals surface area contributed by atoms with Crippen LogP contribution in [-0.2, 0) is 0 Å². The van der Waals surface area contributed by atoms with Gasteiger partial charge in [0, 0.05) is 11.6 Å². The van der Waals surface area contributed by atoms with Gasteiger partial charge in [0.2, 0.25) is 0 Å². The number of hydrogen-bond acceptors (Lipinski definition) is 2. The van der Waals surface area contributed by atoms with Crippen LogP contribution >= 0.6 is 11.3 Å². The molecule has 0 saturated heterocycles. The average Bonchev–Trinajstić information content (AvgIpc) is 2.47. The second-order valence-electron chi connectivity index (χ2n) is 3.20. The summed E-state index contributed by atoms with van der Waals surface area (Å²) in [5.74, 6) is 0.600. The van der Waals surface area contributed by atoms with Crippen molar-refractivity contribution in [1.82, 2.24) is 4.98 Å². The molecule has 0 aliphatic carbocycles. The number of thiophene rings is 1. The molecule has 0 fully saturated rings. The first-order chi connectivity index (χ1) is 5.79. The van der Waals surface area contributed by atoms with Crippen LogP contribution in [0.1, 0.15) is 25.3 Å². The number of fused-ring (bicyclic) bond motifs is 1. The number of pyridine rings is 1. The zero-order chi connectivity index (χ0) is 8.55. The van der Waals surface area contributed by atoms with Gasteiger partial charge in [-0.2, -0.15) is 0 Å². The Morgan fingerprint density at radius 2 is 2.25 bits per heavy atom. The van der Waals surface area contributed by atoms with Gasteiger partial charge in [-0.25, -0.2) is 4.98 Å². The molecule has 0 aromatic carbocycles. The van der Waals surface area contributed by atoms with Gasteiger partial charge >= 0.3 is 0 Å². The molecule has 0 spiro atoms. The zero-order valence-corrected chi connectivity index (χ0v) is 8.06.